The van der Waals surface area contributed by atoms with Crippen molar-refractivity contribution in [2.45, 2.75) is 19.8 Å². The number of terminal acetylenes is 1. The predicted molar refractivity (Wildman–Crippen MR) is 84.3 cm³/mol. The van der Waals surface area contributed by atoms with Crippen LogP contribution < -0.4 is 5.32 Å². The molecule has 1 atom stereocenters. The topological polar surface area (TPSA) is 58.6 Å². The van der Waals surface area contributed by atoms with E-state index in [1.54, 1.807) is 36.1 Å². The molecule has 0 saturated carbocycles. The molecule has 1 aromatic carbocycles. The lowest BCUT2D eigenvalue weighted by Gasteiger charge is -2.31. The molecule has 5 nitrogen and oxygen atoms in total. The van der Waals surface area contributed by atoms with Crippen LogP contribution in [0.25, 0.3) is 0 Å². The van der Waals surface area contributed by atoms with Crippen LogP contribution >= 0.6 is 0 Å². The van der Waals surface area contributed by atoms with Crippen LogP contribution in [0.2, 0.25) is 0 Å². The first-order valence-corrected chi connectivity index (χ1v) is 7.43. The molecule has 2 rings (SSSR count). The number of likely N-dealkylation sites (tertiary alicyclic amines) is 1. The molecule has 1 N–H and O–H groups in total. The van der Waals surface area contributed by atoms with E-state index >= 15 is 0 Å². The van der Waals surface area contributed by atoms with E-state index in [1.165, 1.54) is 0 Å². The van der Waals surface area contributed by atoms with Crippen molar-refractivity contribution in [2.75, 3.05) is 25.0 Å². The highest BCUT2D eigenvalue weighted by molar-refractivity contribution is 5.93. The molecule has 0 aliphatic carbocycles. The van der Waals surface area contributed by atoms with E-state index in [0.717, 1.165) is 18.4 Å². The van der Waals surface area contributed by atoms with Gasteiger partial charge in [0.05, 0.1) is 12.5 Å². The molecule has 1 heterocycles. The van der Waals surface area contributed by atoms with Gasteiger partial charge in [-0.2, -0.15) is 0 Å². The standard InChI is InChI=1S/C17H20N2O3/c1-3-13-7-5-9-15(11-13)18-16(20)14-8-6-10-19(12-14)17(21)22-4-2/h1,5,7,9,11,14H,4,6,8,10,12H2,2H3,(H,18,20). The molecule has 1 aliphatic heterocycles. The minimum Gasteiger partial charge on any atom is -0.450 e. The van der Waals surface area contributed by atoms with E-state index < -0.39 is 0 Å². The van der Waals surface area contributed by atoms with E-state index in [1.807, 2.05) is 0 Å². The van der Waals surface area contributed by atoms with Crippen molar-refractivity contribution in [3.8, 4) is 12.3 Å². The van der Waals surface area contributed by atoms with Crippen molar-refractivity contribution >= 4 is 17.7 Å². The zero-order chi connectivity index (χ0) is 15.9. The number of nitrogens with zero attached hydrogens (tertiary/aromatic N) is 1. The first-order chi connectivity index (χ1) is 10.6. The third kappa shape index (κ3) is 4.01. The van der Waals surface area contributed by atoms with Gasteiger partial charge >= 0.3 is 6.09 Å². The Kier molecular flexibility index (Phi) is 5.42. The second kappa shape index (κ2) is 7.51. The van der Waals surface area contributed by atoms with Crippen LogP contribution in [0.4, 0.5) is 10.5 Å². The van der Waals surface area contributed by atoms with Crippen LogP contribution in [-0.4, -0.2) is 36.6 Å². The summed E-state index contributed by atoms with van der Waals surface area (Å²) in [6, 6.07) is 7.16. The van der Waals surface area contributed by atoms with Crippen LogP contribution in [0.5, 0.6) is 0 Å². The van der Waals surface area contributed by atoms with Crippen LogP contribution in [0.1, 0.15) is 25.3 Å². The first kappa shape index (κ1) is 15.9. The minimum absolute atomic E-state index is 0.0943. The molecule has 22 heavy (non-hydrogen) atoms. The molecule has 0 bridgehead atoms. The van der Waals surface area contributed by atoms with Gasteiger partial charge in [-0.1, -0.05) is 12.0 Å². The number of hydrogen-bond donors (Lipinski definition) is 1. The van der Waals surface area contributed by atoms with Crippen molar-refractivity contribution in [1.29, 1.82) is 0 Å². The Labute approximate surface area is 130 Å². The van der Waals surface area contributed by atoms with Gasteiger partial charge in [-0.25, -0.2) is 4.79 Å². The number of hydrogen-bond acceptors (Lipinski definition) is 3. The van der Waals surface area contributed by atoms with E-state index in [9.17, 15) is 9.59 Å². The molecule has 1 unspecified atom stereocenters. The van der Waals surface area contributed by atoms with Crippen LogP contribution in [0.15, 0.2) is 24.3 Å². The molecule has 2 amide bonds. The Morgan fingerprint density at radius 2 is 2.32 bits per heavy atom. The van der Waals surface area contributed by atoms with Gasteiger partial charge in [-0.15, -0.1) is 6.42 Å². The monoisotopic (exact) mass is 300 g/mol. The third-order valence-corrected chi connectivity index (χ3v) is 3.61. The molecule has 1 aliphatic rings. The highest BCUT2D eigenvalue weighted by atomic mass is 16.6. The summed E-state index contributed by atoms with van der Waals surface area (Å²) in [5, 5.41) is 2.86. The number of anilines is 1. The van der Waals surface area contributed by atoms with Gasteiger partial charge in [-0.3, -0.25) is 4.79 Å². The van der Waals surface area contributed by atoms with Crippen molar-refractivity contribution in [3.63, 3.8) is 0 Å². The average Bonchev–Trinajstić information content (AvgIpc) is 2.55. The smallest absolute Gasteiger partial charge is 0.409 e. The zero-order valence-electron chi connectivity index (χ0n) is 12.7. The number of carbonyl (C=O) groups excluding carboxylic acids is 2. The highest BCUT2D eigenvalue weighted by Gasteiger charge is 2.29. The number of benzene rings is 1. The van der Waals surface area contributed by atoms with Gasteiger partial charge in [0.2, 0.25) is 5.91 Å². The SMILES string of the molecule is C#Cc1cccc(NC(=O)C2CCCN(C(=O)OCC)C2)c1. The highest BCUT2D eigenvalue weighted by Crippen LogP contribution is 2.20. The Morgan fingerprint density at radius 1 is 1.50 bits per heavy atom. The second-order valence-electron chi connectivity index (χ2n) is 5.20. The van der Waals surface area contributed by atoms with Gasteiger partial charge in [0, 0.05) is 24.3 Å². The Hall–Kier alpha value is -2.48. The fraction of sp³-hybridized carbons (Fsp3) is 0.412. The number of rotatable bonds is 3. The van der Waals surface area contributed by atoms with Crippen molar-refractivity contribution in [2.24, 2.45) is 5.92 Å². The van der Waals surface area contributed by atoms with Crippen molar-refractivity contribution in [3.05, 3.63) is 29.8 Å². The van der Waals surface area contributed by atoms with E-state index in [2.05, 4.69) is 11.2 Å². The van der Waals surface area contributed by atoms with E-state index in [0.29, 0.717) is 25.4 Å². The van der Waals surface area contributed by atoms with Gasteiger partial charge in [0.1, 0.15) is 0 Å². The maximum absolute atomic E-state index is 12.4. The summed E-state index contributed by atoms with van der Waals surface area (Å²) >= 11 is 0. The number of amides is 2. The fourth-order valence-electron chi connectivity index (χ4n) is 2.50. The van der Waals surface area contributed by atoms with Gasteiger partial charge in [0.15, 0.2) is 0 Å². The summed E-state index contributed by atoms with van der Waals surface area (Å²) in [5.74, 6) is 2.21. The fourth-order valence-corrected chi connectivity index (χ4v) is 2.50. The van der Waals surface area contributed by atoms with Crippen molar-refractivity contribution in [1.82, 2.24) is 4.90 Å². The van der Waals surface area contributed by atoms with Crippen LogP contribution in [-0.2, 0) is 9.53 Å². The largest absolute Gasteiger partial charge is 0.450 e. The second-order valence-corrected chi connectivity index (χ2v) is 5.20. The Morgan fingerprint density at radius 3 is 3.05 bits per heavy atom. The summed E-state index contributed by atoms with van der Waals surface area (Å²) in [6.07, 6.45) is 6.55. The lowest BCUT2D eigenvalue weighted by atomic mass is 9.97. The zero-order valence-corrected chi connectivity index (χ0v) is 12.7. The average molecular weight is 300 g/mol. The maximum atomic E-state index is 12.4. The van der Waals surface area contributed by atoms with Crippen LogP contribution in [0.3, 0.4) is 0 Å². The molecular weight excluding hydrogens is 280 g/mol. The summed E-state index contributed by atoms with van der Waals surface area (Å²) in [5.41, 5.74) is 1.39. The molecule has 1 fully saturated rings. The Balaban J connectivity index is 1.97. The minimum atomic E-state index is -0.352. The molecule has 5 heteroatoms. The third-order valence-electron chi connectivity index (χ3n) is 3.61. The van der Waals surface area contributed by atoms with Gasteiger partial charge in [0.25, 0.3) is 0 Å². The summed E-state index contributed by atoms with van der Waals surface area (Å²) in [6.45, 7) is 3.13. The lowest BCUT2D eigenvalue weighted by Crippen LogP contribution is -2.44. The Bertz CT molecular complexity index is 592. The first-order valence-electron chi connectivity index (χ1n) is 7.43. The van der Waals surface area contributed by atoms with Crippen LogP contribution in [0, 0.1) is 18.3 Å². The molecular formula is C17H20N2O3. The lowest BCUT2D eigenvalue weighted by molar-refractivity contribution is -0.121. The molecule has 1 saturated heterocycles. The molecule has 0 radical (unpaired) electrons. The summed E-state index contributed by atoms with van der Waals surface area (Å²) in [4.78, 5) is 25.7. The maximum Gasteiger partial charge on any atom is 0.409 e. The predicted octanol–water partition coefficient (Wildman–Crippen LogP) is 2.47. The summed E-state index contributed by atoms with van der Waals surface area (Å²) in [7, 11) is 0. The number of ether oxygens (including phenoxy) is 1. The van der Waals surface area contributed by atoms with Gasteiger partial charge < -0.3 is 15.0 Å². The number of piperidine rings is 1. The quantitative estimate of drug-likeness (QED) is 0.872. The van der Waals surface area contributed by atoms with Gasteiger partial charge in [-0.05, 0) is 38.0 Å². The molecule has 116 valence electrons. The number of nitrogens with one attached hydrogen (secondary N) is 1. The van der Waals surface area contributed by atoms with Crippen molar-refractivity contribution < 1.29 is 14.3 Å². The normalized spacial score (nSPS) is 17.5. The van der Waals surface area contributed by atoms with E-state index in [4.69, 9.17) is 11.2 Å². The molecule has 0 aromatic heterocycles. The van der Waals surface area contributed by atoms with E-state index in [-0.39, 0.29) is 17.9 Å². The number of carbonyl (C=O) groups is 2. The molecule has 1 aromatic rings. The molecule has 0 spiro atoms. The summed E-state index contributed by atoms with van der Waals surface area (Å²) < 4.78 is 4.99.